The van der Waals surface area contributed by atoms with Gasteiger partial charge in [-0.15, -0.1) is 0 Å². The Kier molecular flexibility index (Phi) is 4.83. The zero-order valence-electron chi connectivity index (χ0n) is 11.6. The maximum absolute atomic E-state index is 12.3. The number of nitrogens with one attached hydrogen (secondary N) is 1. The van der Waals surface area contributed by atoms with E-state index in [1.54, 1.807) is 12.1 Å². The summed E-state index contributed by atoms with van der Waals surface area (Å²) < 4.78 is 0. The Morgan fingerprint density at radius 2 is 2.32 bits per heavy atom. The topological polar surface area (TPSA) is 32.3 Å². The largest absolute Gasteiger partial charge is 0.341 e. The van der Waals surface area contributed by atoms with Gasteiger partial charge in [0.05, 0.1) is 0 Å². The first-order valence-corrected chi connectivity index (χ1v) is 7.18. The number of hydrogen-bond acceptors (Lipinski definition) is 2. The first-order valence-electron chi connectivity index (χ1n) is 6.80. The highest BCUT2D eigenvalue weighted by Crippen LogP contribution is 2.18. The Balaban J connectivity index is 1.99. The standard InChI is InChI=1S/C15H21ClN2O/c1-11-8-13(5-6-14(11)16)15(19)18(2)10-12-4-3-7-17-9-12/h5-6,8,12,17H,3-4,7,9-10H2,1-2H3. The van der Waals surface area contributed by atoms with Crippen LogP contribution in [0.3, 0.4) is 0 Å². The normalized spacial score (nSPS) is 19.2. The van der Waals surface area contributed by atoms with Crippen molar-refractivity contribution >= 4 is 17.5 Å². The Morgan fingerprint density at radius 3 is 2.95 bits per heavy atom. The summed E-state index contributed by atoms with van der Waals surface area (Å²) in [4.78, 5) is 14.2. The molecule has 1 aliphatic heterocycles. The molecule has 3 nitrogen and oxygen atoms in total. The molecule has 0 bridgehead atoms. The lowest BCUT2D eigenvalue weighted by Gasteiger charge is -2.27. The van der Waals surface area contributed by atoms with Gasteiger partial charge in [-0.1, -0.05) is 11.6 Å². The van der Waals surface area contributed by atoms with Crippen LogP contribution >= 0.6 is 11.6 Å². The molecule has 1 aromatic rings. The van der Waals surface area contributed by atoms with Crippen molar-refractivity contribution in [1.82, 2.24) is 10.2 Å². The second-order valence-electron chi connectivity index (χ2n) is 5.36. The predicted molar refractivity (Wildman–Crippen MR) is 78.7 cm³/mol. The third-order valence-corrected chi connectivity index (χ3v) is 4.11. The van der Waals surface area contributed by atoms with E-state index >= 15 is 0 Å². The highest BCUT2D eigenvalue weighted by molar-refractivity contribution is 6.31. The molecule has 2 rings (SSSR count). The minimum Gasteiger partial charge on any atom is -0.341 e. The number of nitrogens with zero attached hydrogens (tertiary/aromatic N) is 1. The van der Waals surface area contributed by atoms with Crippen LogP contribution in [0.1, 0.15) is 28.8 Å². The molecule has 0 radical (unpaired) electrons. The summed E-state index contributed by atoms with van der Waals surface area (Å²) in [7, 11) is 1.88. The Bertz CT molecular complexity index is 455. The van der Waals surface area contributed by atoms with Gasteiger partial charge in [0.15, 0.2) is 0 Å². The van der Waals surface area contributed by atoms with Crippen LogP contribution in [0.4, 0.5) is 0 Å². The van der Waals surface area contributed by atoms with Gasteiger partial charge in [-0.3, -0.25) is 4.79 Å². The zero-order valence-corrected chi connectivity index (χ0v) is 12.3. The van der Waals surface area contributed by atoms with Gasteiger partial charge in [0.1, 0.15) is 0 Å². The number of piperidine rings is 1. The maximum atomic E-state index is 12.3. The summed E-state index contributed by atoms with van der Waals surface area (Å²) in [5.41, 5.74) is 1.66. The van der Waals surface area contributed by atoms with Gasteiger partial charge in [0, 0.05) is 24.2 Å². The summed E-state index contributed by atoms with van der Waals surface area (Å²) in [6.45, 7) is 4.85. The van der Waals surface area contributed by atoms with Gasteiger partial charge in [0.2, 0.25) is 0 Å². The van der Waals surface area contributed by atoms with Crippen molar-refractivity contribution in [2.45, 2.75) is 19.8 Å². The molecule has 1 heterocycles. The summed E-state index contributed by atoms with van der Waals surface area (Å²) in [6, 6.07) is 5.45. The molecule has 1 aliphatic rings. The molecule has 1 saturated heterocycles. The molecule has 0 aromatic heterocycles. The van der Waals surface area contributed by atoms with E-state index in [4.69, 9.17) is 11.6 Å². The smallest absolute Gasteiger partial charge is 0.253 e. The quantitative estimate of drug-likeness (QED) is 0.923. The molecular formula is C15H21ClN2O. The van der Waals surface area contributed by atoms with Crippen LogP contribution in [0, 0.1) is 12.8 Å². The summed E-state index contributed by atoms with van der Waals surface area (Å²) in [5.74, 6) is 0.640. The molecule has 1 aromatic carbocycles. The number of amides is 1. The highest BCUT2D eigenvalue weighted by Gasteiger charge is 2.19. The third kappa shape index (κ3) is 3.71. The number of carbonyl (C=O) groups is 1. The van der Waals surface area contributed by atoms with Crippen molar-refractivity contribution < 1.29 is 4.79 Å². The third-order valence-electron chi connectivity index (χ3n) is 3.68. The molecule has 0 aliphatic carbocycles. The predicted octanol–water partition coefficient (Wildman–Crippen LogP) is 2.72. The van der Waals surface area contributed by atoms with E-state index < -0.39 is 0 Å². The van der Waals surface area contributed by atoms with Crippen LogP contribution in [0.15, 0.2) is 18.2 Å². The van der Waals surface area contributed by atoms with E-state index in [1.807, 2.05) is 24.9 Å². The van der Waals surface area contributed by atoms with Crippen molar-refractivity contribution in [1.29, 1.82) is 0 Å². The van der Waals surface area contributed by atoms with Gasteiger partial charge >= 0.3 is 0 Å². The maximum Gasteiger partial charge on any atom is 0.253 e. The number of aryl methyl sites for hydroxylation is 1. The van der Waals surface area contributed by atoms with Crippen LogP contribution in [-0.2, 0) is 0 Å². The molecule has 1 fully saturated rings. The fourth-order valence-corrected chi connectivity index (χ4v) is 2.67. The Labute approximate surface area is 119 Å². The first kappa shape index (κ1) is 14.4. The van der Waals surface area contributed by atoms with Gasteiger partial charge in [-0.25, -0.2) is 0 Å². The lowest BCUT2D eigenvalue weighted by Crippen LogP contribution is -2.39. The second kappa shape index (κ2) is 6.40. The lowest BCUT2D eigenvalue weighted by atomic mass is 9.99. The van der Waals surface area contributed by atoms with Crippen LogP contribution in [0.25, 0.3) is 0 Å². The Morgan fingerprint density at radius 1 is 1.53 bits per heavy atom. The van der Waals surface area contributed by atoms with Gasteiger partial charge < -0.3 is 10.2 Å². The second-order valence-corrected chi connectivity index (χ2v) is 5.77. The SMILES string of the molecule is Cc1cc(C(=O)N(C)CC2CCCNC2)ccc1Cl. The monoisotopic (exact) mass is 280 g/mol. The van der Waals surface area contributed by atoms with Crippen molar-refractivity contribution in [2.75, 3.05) is 26.7 Å². The number of rotatable bonds is 3. The molecule has 0 saturated carbocycles. The number of hydrogen-bond donors (Lipinski definition) is 1. The summed E-state index contributed by atoms with van der Waals surface area (Å²) in [5, 5.41) is 4.08. The average Bonchev–Trinajstić information content (AvgIpc) is 2.42. The molecule has 4 heteroatoms. The van der Waals surface area contributed by atoms with Crippen LogP contribution < -0.4 is 5.32 Å². The molecular weight excluding hydrogens is 260 g/mol. The van der Waals surface area contributed by atoms with E-state index in [9.17, 15) is 4.79 Å². The number of benzene rings is 1. The minimum atomic E-state index is 0.0744. The van der Waals surface area contributed by atoms with E-state index in [0.29, 0.717) is 16.5 Å². The molecule has 1 N–H and O–H groups in total. The molecule has 104 valence electrons. The lowest BCUT2D eigenvalue weighted by molar-refractivity contribution is 0.0764. The van der Waals surface area contributed by atoms with Crippen molar-refractivity contribution in [2.24, 2.45) is 5.92 Å². The average molecular weight is 281 g/mol. The van der Waals surface area contributed by atoms with Crippen LogP contribution in [-0.4, -0.2) is 37.5 Å². The zero-order chi connectivity index (χ0) is 13.8. The van der Waals surface area contributed by atoms with Crippen LogP contribution in [0.5, 0.6) is 0 Å². The van der Waals surface area contributed by atoms with Crippen LogP contribution in [0.2, 0.25) is 5.02 Å². The molecule has 19 heavy (non-hydrogen) atoms. The van der Waals surface area contributed by atoms with Crippen molar-refractivity contribution in [3.8, 4) is 0 Å². The highest BCUT2D eigenvalue weighted by atomic mass is 35.5. The number of carbonyl (C=O) groups excluding carboxylic acids is 1. The van der Waals surface area contributed by atoms with Gasteiger partial charge in [-0.2, -0.15) is 0 Å². The van der Waals surface area contributed by atoms with Gasteiger partial charge in [0.25, 0.3) is 5.91 Å². The van der Waals surface area contributed by atoms with E-state index in [2.05, 4.69) is 5.32 Å². The van der Waals surface area contributed by atoms with Crippen molar-refractivity contribution in [3.05, 3.63) is 34.3 Å². The first-order chi connectivity index (χ1) is 9.08. The molecule has 1 atom stereocenters. The van der Waals surface area contributed by atoms with E-state index in [0.717, 1.165) is 25.2 Å². The van der Waals surface area contributed by atoms with Gasteiger partial charge in [-0.05, 0) is 62.5 Å². The molecule has 0 spiro atoms. The molecule has 1 unspecified atom stereocenters. The Hall–Kier alpha value is -1.06. The minimum absolute atomic E-state index is 0.0744. The fraction of sp³-hybridized carbons (Fsp3) is 0.533. The van der Waals surface area contributed by atoms with E-state index in [-0.39, 0.29) is 5.91 Å². The fourth-order valence-electron chi connectivity index (χ4n) is 2.55. The van der Waals surface area contributed by atoms with E-state index in [1.165, 1.54) is 12.8 Å². The molecule has 1 amide bonds. The number of halogens is 1. The summed E-state index contributed by atoms with van der Waals surface area (Å²) >= 11 is 5.99. The van der Waals surface area contributed by atoms with Crippen molar-refractivity contribution in [3.63, 3.8) is 0 Å². The summed E-state index contributed by atoms with van der Waals surface area (Å²) in [6.07, 6.45) is 2.40.